The van der Waals surface area contributed by atoms with Crippen LogP contribution in [0.3, 0.4) is 0 Å². The van der Waals surface area contributed by atoms with Crippen molar-refractivity contribution >= 4 is 11.3 Å². The molecular formula is C11H19NS. The maximum Gasteiger partial charge on any atom is 0.0392 e. The van der Waals surface area contributed by atoms with Gasteiger partial charge in [0.05, 0.1) is 0 Å². The van der Waals surface area contributed by atoms with E-state index in [9.17, 15) is 0 Å². The van der Waals surface area contributed by atoms with Crippen LogP contribution >= 0.6 is 11.3 Å². The van der Waals surface area contributed by atoms with Crippen LogP contribution in [0.15, 0.2) is 17.5 Å². The molecule has 1 aromatic heterocycles. The van der Waals surface area contributed by atoms with Crippen LogP contribution in [-0.4, -0.2) is 0 Å². The summed E-state index contributed by atoms with van der Waals surface area (Å²) in [6.07, 6.45) is 3.62. The summed E-state index contributed by atoms with van der Waals surface area (Å²) >= 11 is 1.77. The van der Waals surface area contributed by atoms with E-state index in [4.69, 9.17) is 5.73 Å². The molecule has 13 heavy (non-hydrogen) atoms. The van der Waals surface area contributed by atoms with E-state index in [2.05, 4.69) is 31.4 Å². The summed E-state index contributed by atoms with van der Waals surface area (Å²) in [5, 5.41) is 2.10. The maximum atomic E-state index is 6.10. The minimum atomic E-state index is 0.255. The molecule has 0 fully saturated rings. The fraction of sp³-hybridized carbons (Fsp3) is 0.636. The second-order valence-electron chi connectivity index (χ2n) is 3.54. The molecule has 0 saturated heterocycles. The van der Waals surface area contributed by atoms with Crippen LogP contribution in [0.4, 0.5) is 0 Å². The molecule has 1 rings (SSSR count). The van der Waals surface area contributed by atoms with Gasteiger partial charge in [0.15, 0.2) is 0 Å². The minimum absolute atomic E-state index is 0.255. The highest BCUT2D eigenvalue weighted by Crippen LogP contribution is 2.25. The van der Waals surface area contributed by atoms with Gasteiger partial charge >= 0.3 is 0 Å². The average molecular weight is 197 g/mol. The van der Waals surface area contributed by atoms with Gasteiger partial charge in [-0.05, 0) is 23.8 Å². The van der Waals surface area contributed by atoms with E-state index in [0.717, 1.165) is 12.3 Å². The lowest BCUT2D eigenvalue weighted by atomic mass is 9.94. The molecule has 74 valence electrons. The van der Waals surface area contributed by atoms with Crippen LogP contribution in [0.1, 0.15) is 44.0 Å². The predicted molar refractivity (Wildman–Crippen MR) is 59.9 cm³/mol. The summed E-state index contributed by atoms with van der Waals surface area (Å²) < 4.78 is 0. The molecule has 1 atom stereocenters. The van der Waals surface area contributed by atoms with E-state index in [0.29, 0.717) is 0 Å². The Bertz CT molecular complexity index is 214. The Morgan fingerprint density at radius 1 is 1.38 bits per heavy atom. The Balaban J connectivity index is 2.45. The van der Waals surface area contributed by atoms with Gasteiger partial charge in [0, 0.05) is 10.9 Å². The van der Waals surface area contributed by atoms with Gasteiger partial charge in [-0.1, -0.05) is 32.8 Å². The smallest absolute Gasteiger partial charge is 0.0392 e. The van der Waals surface area contributed by atoms with Crippen LogP contribution in [0.5, 0.6) is 0 Å². The van der Waals surface area contributed by atoms with E-state index < -0.39 is 0 Å². The molecule has 2 heteroatoms. The third kappa shape index (κ3) is 3.12. The molecule has 0 bridgehead atoms. The normalized spacial score (nSPS) is 13.5. The highest BCUT2D eigenvalue weighted by atomic mass is 32.1. The van der Waals surface area contributed by atoms with E-state index in [1.807, 2.05) is 0 Å². The molecule has 0 aliphatic carbocycles. The molecule has 0 radical (unpaired) electrons. The molecule has 0 aliphatic heterocycles. The van der Waals surface area contributed by atoms with Gasteiger partial charge in [-0.15, -0.1) is 11.3 Å². The van der Waals surface area contributed by atoms with Crippen LogP contribution in [0.2, 0.25) is 0 Å². The summed E-state index contributed by atoms with van der Waals surface area (Å²) in [7, 11) is 0. The molecular weight excluding hydrogens is 178 g/mol. The van der Waals surface area contributed by atoms with E-state index in [-0.39, 0.29) is 6.04 Å². The van der Waals surface area contributed by atoms with Crippen LogP contribution in [-0.2, 0) is 0 Å². The standard InChI is InChI=1S/C11H19NS/c1-3-9(4-2)8-10(12)11-6-5-7-13-11/h5-7,9-10H,3-4,8,12H2,1-2H3/t10-/m0/s1. The average Bonchev–Trinajstić information content (AvgIpc) is 2.66. The Morgan fingerprint density at radius 3 is 2.54 bits per heavy atom. The molecule has 2 N–H and O–H groups in total. The first-order valence-corrected chi connectivity index (χ1v) is 5.94. The maximum absolute atomic E-state index is 6.10. The zero-order valence-electron chi connectivity index (χ0n) is 8.49. The summed E-state index contributed by atoms with van der Waals surface area (Å²) in [5.41, 5.74) is 6.10. The molecule has 0 unspecified atom stereocenters. The van der Waals surface area contributed by atoms with E-state index in [1.165, 1.54) is 17.7 Å². The summed E-state index contributed by atoms with van der Waals surface area (Å²) in [4.78, 5) is 1.33. The number of hydrogen-bond acceptors (Lipinski definition) is 2. The van der Waals surface area contributed by atoms with Crippen molar-refractivity contribution in [3.63, 3.8) is 0 Å². The molecule has 0 saturated carbocycles. The van der Waals surface area contributed by atoms with E-state index in [1.54, 1.807) is 11.3 Å². The van der Waals surface area contributed by atoms with Crippen LogP contribution in [0, 0.1) is 5.92 Å². The Labute approximate surface area is 85.0 Å². The van der Waals surface area contributed by atoms with Gasteiger partial charge in [-0.25, -0.2) is 0 Å². The molecule has 0 aliphatic rings. The lowest BCUT2D eigenvalue weighted by molar-refractivity contribution is 0.417. The minimum Gasteiger partial charge on any atom is -0.323 e. The van der Waals surface area contributed by atoms with Crippen molar-refractivity contribution in [2.45, 2.75) is 39.2 Å². The number of hydrogen-bond donors (Lipinski definition) is 1. The van der Waals surface area contributed by atoms with Crippen molar-refractivity contribution in [2.75, 3.05) is 0 Å². The number of thiophene rings is 1. The highest BCUT2D eigenvalue weighted by Gasteiger charge is 2.12. The Hall–Kier alpha value is -0.340. The molecule has 0 spiro atoms. The van der Waals surface area contributed by atoms with Gasteiger partial charge in [-0.2, -0.15) is 0 Å². The fourth-order valence-corrected chi connectivity index (χ4v) is 2.34. The highest BCUT2D eigenvalue weighted by molar-refractivity contribution is 7.10. The van der Waals surface area contributed by atoms with Gasteiger partial charge in [0.25, 0.3) is 0 Å². The number of nitrogens with two attached hydrogens (primary N) is 1. The number of rotatable bonds is 5. The molecule has 1 nitrogen and oxygen atoms in total. The first-order valence-electron chi connectivity index (χ1n) is 5.06. The van der Waals surface area contributed by atoms with Crippen LogP contribution in [0.25, 0.3) is 0 Å². The molecule has 1 aromatic rings. The Kier molecular flexibility index (Phi) is 4.46. The first-order chi connectivity index (χ1) is 6.27. The SMILES string of the molecule is CCC(CC)C[C@H](N)c1cccs1. The van der Waals surface area contributed by atoms with E-state index >= 15 is 0 Å². The zero-order valence-corrected chi connectivity index (χ0v) is 9.31. The largest absolute Gasteiger partial charge is 0.323 e. The van der Waals surface area contributed by atoms with Gasteiger partial charge in [0.2, 0.25) is 0 Å². The fourth-order valence-electron chi connectivity index (χ4n) is 1.60. The van der Waals surface area contributed by atoms with Crippen molar-refractivity contribution in [3.05, 3.63) is 22.4 Å². The topological polar surface area (TPSA) is 26.0 Å². The lowest BCUT2D eigenvalue weighted by Crippen LogP contribution is -2.13. The quantitative estimate of drug-likeness (QED) is 0.767. The zero-order chi connectivity index (χ0) is 9.68. The van der Waals surface area contributed by atoms with Gasteiger partial charge in [0.1, 0.15) is 0 Å². The van der Waals surface area contributed by atoms with Crippen molar-refractivity contribution in [2.24, 2.45) is 11.7 Å². The van der Waals surface area contributed by atoms with Crippen molar-refractivity contribution in [1.29, 1.82) is 0 Å². The van der Waals surface area contributed by atoms with Crippen molar-refractivity contribution in [1.82, 2.24) is 0 Å². The summed E-state index contributed by atoms with van der Waals surface area (Å²) in [5.74, 6) is 0.789. The molecule has 1 heterocycles. The second-order valence-corrected chi connectivity index (χ2v) is 4.52. The third-order valence-electron chi connectivity index (χ3n) is 2.65. The first kappa shape index (κ1) is 10.7. The molecule has 0 aromatic carbocycles. The third-order valence-corrected chi connectivity index (χ3v) is 3.65. The lowest BCUT2D eigenvalue weighted by Gasteiger charge is -2.16. The van der Waals surface area contributed by atoms with Crippen molar-refractivity contribution < 1.29 is 0 Å². The monoisotopic (exact) mass is 197 g/mol. The summed E-state index contributed by atoms with van der Waals surface area (Å²) in [6, 6.07) is 4.47. The predicted octanol–water partition coefficient (Wildman–Crippen LogP) is 3.57. The Morgan fingerprint density at radius 2 is 2.08 bits per heavy atom. The van der Waals surface area contributed by atoms with Gasteiger partial charge < -0.3 is 5.73 Å². The van der Waals surface area contributed by atoms with Gasteiger partial charge in [-0.3, -0.25) is 0 Å². The molecule has 0 amide bonds. The summed E-state index contributed by atoms with van der Waals surface area (Å²) in [6.45, 7) is 4.49. The van der Waals surface area contributed by atoms with Crippen LogP contribution < -0.4 is 5.73 Å². The van der Waals surface area contributed by atoms with Crippen molar-refractivity contribution in [3.8, 4) is 0 Å². The second kappa shape index (κ2) is 5.40.